The van der Waals surface area contributed by atoms with Crippen LogP contribution in [0.3, 0.4) is 0 Å². The predicted octanol–water partition coefficient (Wildman–Crippen LogP) is 5.72. The van der Waals surface area contributed by atoms with Crippen molar-refractivity contribution >= 4 is 22.1 Å². The molecule has 3 aromatic heterocycles. The number of halogens is 2. The molecule has 1 unspecified atom stereocenters. The lowest BCUT2D eigenvalue weighted by atomic mass is 10.0. The zero-order valence-electron chi connectivity index (χ0n) is 21.6. The summed E-state index contributed by atoms with van der Waals surface area (Å²) in [5, 5.41) is 16.3. The molecule has 2 aromatic carbocycles. The van der Waals surface area contributed by atoms with E-state index in [9.17, 15) is 18.8 Å². The van der Waals surface area contributed by atoms with Gasteiger partial charge in [0, 0.05) is 16.6 Å². The van der Waals surface area contributed by atoms with E-state index in [-0.39, 0.29) is 40.1 Å². The third-order valence-electron chi connectivity index (χ3n) is 6.27. The van der Waals surface area contributed by atoms with E-state index in [0.717, 1.165) is 0 Å². The number of fused-ring (bicyclic) bond motifs is 1. The first-order valence-electron chi connectivity index (χ1n) is 12.1. The lowest BCUT2D eigenvalue weighted by Gasteiger charge is -2.17. The van der Waals surface area contributed by atoms with E-state index in [1.165, 1.54) is 50.8 Å². The number of hydrogen-bond donors (Lipinski definition) is 1. The summed E-state index contributed by atoms with van der Waals surface area (Å²) < 4.78 is 37.3. The number of nitrogens with zero attached hydrogens (tertiary/aromatic N) is 5. The Hall–Kier alpha value is -4.56. The minimum atomic E-state index is -0.738. The average molecular weight is 547 g/mol. The van der Waals surface area contributed by atoms with Crippen LogP contribution in [-0.4, -0.2) is 25.3 Å². The van der Waals surface area contributed by atoms with Gasteiger partial charge in [0.2, 0.25) is 0 Å². The summed E-state index contributed by atoms with van der Waals surface area (Å²) in [5.41, 5.74) is 8.13. The van der Waals surface area contributed by atoms with Crippen molar-refractivity contribution in [2.24, 2.45) is 0 Å². The van der Waals surface area contributed by atoms with Crippen molar-refractivity contribution in [2.75, 3.05) is 5.73 Å². The predicted molar refractivity (Wildman–Crippen MR) is 146 cm³/mol. The lowest BCUT2D eigenvalue weighted by molar-refractivity contribution is 0.231. The van der Waals surface area contributed by atoms with Gasteiger partial charge >= 0.3 is 0 Å². The molecule has 0 fully saturated rings. The number of hydrogen-bond acceptors (Lipinski definition) is 7. The van der Waals surface area contributed by atoms with E-state index in [0.29, 0.717) is 27.5 Å². The van der Waals surface area contributed by atoms with Crippen LogP contribution in [0.25, 0.3) is 27.3 Å². The molecule has 0 aliphatic heterocycles. The number of aromatic nitrogens is 4. The molecule has 198 valence electrons. The first-order chi connectivity index (χ1) is 18.6. The van der Waals surface area contributed by atoms with E-state index in [2.05, 4.69) is 11.2 Å². The topological polar surface area (TPSA) is 111 Å². The zero-order chi connectivity index (χ0) is 28.0. The minimum Gasteiger partial charge on any atom is -0.488 e. The first kappa shape index (κ1) is 26.1. The zero-order valence-corrected chi connectivity index (χ0v) is 22.4. The maximum atomic E-state index is 14.8. The number of anilines is 1. The molecule has 1 atom stereocenters. The van der Waals surface area contributed by atoms with Crippen LogP contribution < -0.4 is 16.0 Å². The summed E-state index contributed by atoms with van der Waals surface area (Å²) in [6.07, 6.45) is -0.218. The van der Waals surface area contributed by atoms with Crippen LogP contribution in [0, 0.1) is 29.9 Å². The third-order valence-corrected chi connectivity index (χ3v) is 7.21. The van der Waals surface area contributed by atoms with Gasteiger partial charge in [-0.3, -0.25) is 9.20 Å². The highest BCUT2D eigenvalue weighted by Crippen LogP contribution is 2.35. The van der Waals surface area contributed by atoms with E-state index in [1.54, 1.807) is 39.8 Å². The van der Waals surface area contributed by atoms with Crippen LogP contribution in [0.2, 0.25) is 0 Å². The Morgan fingerprint density at radius 1 is 1.13 bits per heavy atom. The molecule has 8 nitrogen and oxygen atoms in total. The van der Waals surface area contributed by atoms with Crippen molar-refractivity contribution < 1.29 is 13.5 Å². The van der Waals surface area contributed by atoms with Crippen LogP contribution in [0.4, 0.5) is 14.6 Å². The molecule has 0 spiro atoms. The van der Waals surface area contributed by atoms with Gasteiger partial charge in [0.1, 0.15) is 29.0 Å². The Morgan fingerprint density at radius 3 is 2.56 bits per heavy atom. The van der Waals surface area contributed by atoms with Crippen LogP contribution >= 0.6 is 11.3 Å². The van der Waals surface area contributed by atoms with Crippen molar-refractivity contribution in [1.82, 2.24) is 19.2 Å². The Balaban J connectivity index is 1.69. The van der Waals surface area contributed by atoms with Gasteiger partial charge < -0.3 is 10.5 Å². The van der Waals surface area contributed by atoms with Crippen molar-refractivity contribution in [3.63, 3.8) is 0 Å². The molecule has 11 heteroatoms. The Kier molecular flexibility index (Phi) is 6.66. The largest absolute Gasteiger partial charge is 0.488 e. The van der Waals surface area contributed by atoms with Crippen molar-refractivity contribution in [1.29, 1.82) is 5.26 Å². The van der Waals surface area contributed by atoms with E-state index in [4.69, 9.17) is 15.5 Å². The molecule has 5 rings (SSSR count). The van der Waals surface area contributed by atoms with E-state index < -0.39 is 17.7 Å². The summed E-state index contributed by atoms with van der Waals surface area (Å²) in [7, 11) is 0. The molecule has 0 amide bonds. The minimum absolute atomic E-state index is 0.0254. The molecular formula is C28H24F2N6O2S. The fourth-order valence-electron chi connectivity index (χ4n) is 4.48. The molecule has 5 aromatic rings. The van der Waals surface area contributed by atoms with Crippen LogP contribution in [0.15, 0.2) is 52.6 Å². The summed E-state index contributed by atoms with van der Waals surface area (Å²) in [6.45, 7) is 7.10. The normalized spacial score (nSPS) is 12.2. The van der Waals surface area contributed by atoms with Crippen LogP contribution in [0.1, 0.15) is 43.8 Å². The van der Waals surface area contributed by atoms with Gasteiger partial charge in [0.25, 0.3) is 5.56 Å². The second-order valence-electron chi connectivity index (χ2n) is 9.34. The van der Waals surface area contributed by atoms with Crippen molar-refractivity contribution in [3.05, 3.63) is 86.8 Å². The Labute approximate surface area is 226 Å². The van der Waals surface area contributed by atoms with E-state index >= 15 is 0 Å². The molecule has 39 heavy (non-hydrogen) atoms. The van der Waals surface area contributed by atoms with Gasteiger partial charge in [-0.05, 0) is 63.6 Å². The number of benzene rings is 2. The molecule has 3 heterocycles. The fraction of sp³-hybridized carbons (Fsp3) is 0.214. The molecular weight excluding hydrogens is 522 g/mol. The second kappa shape index (κ2) is 9.96. The van der Waals surface area contributed by atoms with Gasteiger partial charge in [-0.1, -0.05) is 12.1 Å². The maximum Gasteiger partial charge on any atom is 0.266 e. The molecule has 0 radical (unpaired) electrons. The smallest absolute Gasteiger partial charge is 0.266 e. The molecule has 0 aliphatic carbocycles. The third kappa shape index (κ3) is 4.53. The first-order valence-corrected chi connectivity index (χ1v) is 13.0. The molecule has 0 saturated carbocycles. The van der Waals surface area contributed by atoms with Gasteiger partial charge in [-0.2, -0.15) is 10.4 Å². The maximum absolute atomic E-state index is 14.8. The van der Waals surface area contributed by atoms with Gasteiger partial charge in [0.05, 0.1) is 23.4 Å². The number of rotatable bonds is 6. The average Bonchev–Trinajstić information content (AvgIpc) is 3.43. The molecule has 0 bridgehead atoms. The number of ether oxygens (including phenoxy) is 1. The van der Waals surface area contributed by atoms with Gasteiger partial charge in [0.15, 0.2) is 16.5 Å². The van der Waals surface area contributed by atoms with Crippen molar-refractivity contribution in [3.8, 4) is 34.2 Å². The van der Waals surface area contributed by atoms with Gasteiger partial charge in [-0.15, -0.1) is 11.3 Å². The highest BCUT2D eigenvalue weighted by molar-refractivity contribution is 7.15. The molecule has 2 N–H and O–H groups in total. The fourth-order valence-corrected chi connectivity index (χ4v) is 5.35. The van der Waals surface area contributed by atoms with E-state index in [1.807, 2.05) is 5.38 Å². The Morgan fingerprint density at radius 2 is 1.90 bits per heavy atom. The SMILES string of the molecule is Cc1csc2nc(C(C)n3nc(-c4ccc(OC(C)C)c(F)c4)c(C#N)c3N)c(-c3cccc(F)c3)c(=O)n12. The molecule has 0 aliphatic rings. The summed E-state index contributed by atoms with van der Waals surface area (Å²) in [4.78, 5) is 18.9. The monoisotopic (exact) mass is 546 g/mol. The highest BCUT2D eigenvalue weighted by Gasteiger charge is 2.27. The number of aryl methyl sites for hydroxylation is 1. The number of nitriles is 1. The Bertz CT molecular complexity index is 1830. The highest BCUT2D eigenvalue weighted by atomic mass is 32.1. The molecule has 0 saturated heterocycles. The van der Waals surface area contributed by atoms with Crippen molar-refractivity contribution in [2.45, 2.75) is 39.8 Å². The van der Waals surface area contributed by atoms with Crippen LogP contribution in [0.5, 0.6) is 5.75 Å². The second-order valence-corrected chi connectivity index (χ2v) is 10.2. The summed E-state index contributed by atoms with van der Waals surface area (Å²) in [5.74, 6) is -1.00. The van der Waals surface area contributed by atoms with Gasteiger partial charge in [-0.25, -0.2) is 18.4 Å². The lowest BCUT2D eigenvalue weighted by Crippen LogP contribution is -2.23. The standard InChI is InChI=1S/C28H24F2N6O2S/c1-14(2)38-22-9-8-18(11-21(22)30)25-20(12-31)26(32)36(34-25)16(4)24-23(17-6-5-7-19(29)10-17)27(37)35-15(3)13-39-28(35)33-24/h5-11,13-14,16H,32H2,1-4H3. The number of thiazole rings is 1. The quantitative estimate of drug-likeness (QED) is 0.291. The number of nitrogen functional groups attached to an aromatic ring is 1. The van der Waals surface area contributed by atoms with Crippen LogP contribution in [-0.2, 0) is 0 Å². The number of nitrogens with two attached hydrogens (primary N) is 1. The summed E-state index contributed by atoms with van der Waals surface area (Å²) in [6, 6.07) is 11.3. The summed E-state index contributed by atoms with van der Waals surface area (Å²) >= 11 is 1.29.